The van der Waals surface area contributed by atoms with Gasteiger partial charge in [-0.05, 0) is 34.1 Å². The van der Waals surface area contributed by atoms with Crippen LogP contribution in [-0.4, -0.2) is 19.6 Å². The molecule has 0 heterocycles. The lowest BCUT2D eigenvalue weighted by molar-refractivity contribution is 0.206. The summed E-state index contributed by atoms with van der Waals surface area (Å²) in [6.07, 6.45) is -1.56. The minimum absolute atomic E-state index is 0.0743. The quantitative estimate of drug-likeness (QED) is 0.424. The number of rotatable bonds is 8. The molecule has 3 aromatic rings. The molecule has 0 spiro atoms. The first kappa shape index (κ1) is 24.5. The highest BCUT2D eigenvalue weighted by molar-refractivity contribution is 7.91. The predicted molar refractivity (Wildman–Crippen MR) is 132 cm³/mol. The number of hydrogen-bond donors (Lipinski definition) is 2. The van der Waals surface area contributed by atoms with Crippen LogP contribution in [0.25, 0.3) is 0 Å². The van der Waals surface area contributed by atoms with E-state index in [9.17, 15) is 18.3 Å². The average molecular weight is 467 g/mol. The fourth-order valence-corrected chi connectivity index (χ4v) is 5.22. The van der Waals surface area contributed by atoms with Gasteiger partial charge in [-0.3, -0.25) is 0 Å². The molecule has 0 unspecified atom stereocenters. The number of anilines is 1. The molecule has 6 nitrogen and oxygen atoms in total. The maximum absolute atomic E-state index is 13.7. The second-order valence-corrected chi connectivity index (χ2v) is 10.1. The minimum atomic E-state index is -4.50. The van der Waals surface area contributed by atoms with E-state index in [0.717, 1.165) is 0 Å². The third-order valence-electron chi connectivity index (χ3n) is 5.49. The van der Waals surface area contributed by atoms with Gasteiger partial charge in [-0.15, -0.1) is 0 Å². The van der Waals surface area contributed by atoms with Gasteiger partial charge in [-0.25, -0.2) is 4.79 Å². The maximum atomic E-state index is 13.7. The fraction of sp³-hybridized carbons (Fsp3) is 0.269. The van der Waals surface area contributed by atoms with Crippen molar-refractivity contribution >= 4 is 22.0 Å². The number of carboxylic acid groups (broad SMARTS) is 1. The summed E-state index contributed by atoms with van der Waals surface area (Å²) >= 11 is 0. The highest BCUT2D eigenvalue weighted by Crippen LogP contribution is 2.37. The van der Waals surface area contributed by atoms with Crippen LogP contribution >= 0.6 is 0 Å². The summed E-state index contributed by atoms with van der Waals surface area (Å²) in [6, 6.07) is 22.9. The number of carbonyl (C=O) groups is 1. The van der Waals surface area contributed by atoms with Crippen LogP contribution in [0.4, 0.5) is 10.5 Å². The standard InChI is InChI=1S/C26H30N2O4S/c1-18(2)22-16-11-17-23(19(3)4)25(22)28(26(29)30)33(31,32)27-24(20-12-7-5-8-13-20)21-14-9-6-10-15-21/h5-19,24,27H,1-4H3,(H,29,30). The van der Waals surface area contributed by atoms with Crippen LogP contribution in [0, 0.1) is 0 Å². The van der Waals surface area contributed by atoms with E-state index in [1.54, 1.807) is 12.1 Å². The SMILES string of the molecule is CC(C)c1cccc(C(C)C)c1N(C(=O)O)S(=O)(=O)NC(c1ccccc1)c1ccccc1. The number of nitrogens with one attached hydrogen (secondary N) is 1. The smallest absolute Gasteiger partial charge is 0.426 e. The van der Waals surface area contributed by atoms with Gasteiger partial charge in [0.1, 0.15) is 0 Å². The number of benzene rings is 3. The van der Waals surface area contributed by atoms with Gasteiger partial charge in [0.15, 0.2) is 0 Å². The molecule has 3 aromatic carbocycles. The molecule has 0 aromatic heterocycles. The van der Waals surface area contributed by atoms with Crippen molar-refractivity contribution in [2.24, 2.45) is 0 Å². The molecule has 33 heavy (non-hydrogen) atoms. The van der Waals surface area contributed by atoms with Crippen molar-refractivity contribution in [2.45, 2.75) is 45.6 Å². The molecule has 0 atom stereocenters. The van der Waals surface area contributed by atoms with Gasteiger partial charge in [0.05, 0.1) is 11.7 Å². The maximum Gasteiger partial charge on any atom is 0.426 e. The zero-order chi connectivity index (χ0) is 24.2. The Labute approximate surface area is 196 Å². The van der Waals surface area contributed by atoms with Crippen molar-refractivity contribution < 1.29 is 18.3 Å². The lowest BCUT2D eigenvalue weighted by atomic mass is 9.93. The van der Waals surface area contributed by atoms with Crippen molar-refractivity contribution in [3.63, 3.8) is 0 Å². The van der Waals surface area contributed by atoms with Crippen molar-refractivity contribution in [1.82, 2.24) is 4.72 Å². The predicted octanol–water partition coefficient (Wildman–Crippen LogP) is 6.04. The van der Waals surface area contributed by atoms with Crippen LogP contribution in [0.1, 0.15) is 67.8 Å². The first-order valence-electron chi connectivity index (χ1n) is 10.9. The molecule has 0 radical (unpaired) electrons. The van der Waals surface area contributed by atoms with Crippen LogP contribution in [-0.2, 0) is 10.2 Å². The van der Waals surface area contributed by atoms with Crippen LogP contribution < -0.4 is 9.03 Å². The van der Waals surface area contributed by atoms with Gasteiger partial charge in [-0.2, -0.15) is 17.4 Å². The van der Waals surface area contributed by atoms with Crippen LogP contribution in [0.2, 0.25) is 0 Å². The van der Waals surface area contributed by atoms with E-state index in [0.29, 0.717) is 26.6 Å². The van der Waals surface area contributed by atoms with Crippen molar-refractivity contribution in [2.75, 3.05) is 4.31 Å². The molecule has 0 aliphatic heterocycles. The third-order valence-corrected chi connectivity index (χ3v) is 6.85. The Morgan fingerprint density at radius 2 is 1.18 bits per heavy atom. The molecular formula is C26H30N2O4S. The molecule has 1 amide bonds. The Balaban J connectivity index is 2.17. The zero-order valence-electron chi connectivity index (χ0n) is 19.3. The number of amides is 1. The van der Waals surface area contributed by atoms with E-state index in [1.807, 2.05) is 94.4 Å². The molecule has 0 fully saturated rings. The summed E-state index contributed by atoms with van der Waals surface area (Å²) in [4.78, 5) is 12.5. The Hall–Kier alpha value is -3.16. The van der Waals surface area contributed by atoms with E-state index in [4.69, 9.17) is 0 Å². The molecule has 0 aliphatic carbocycles. The van der Waals surface area contributed by atoms with E-state index >= 15 is 0 Å². The molecule has 174 valence electrons. The summed E-state index contributed by atoms with van der Waals surface area (Å²) < 4.78 is 30.6. The monoisotopic (exact) mass is 466 g/mol. The van der Waals surface area contributed by atoms with E-state index in [1.165, 1.54) is 0 Å². The van der Waals surface area contributed by atoms with Crippen molar-refractivity contribution in [1.29, 1.82) is 0 Å². The summed E-state index contributed by atoms with van der Waals surface area (Å²) in [5.74, 6) is -0.149. The van der Waals surface area contributed by atoms with Gasteiger partial charge < -0.3 is 5.11 Å². The number of hydrogen-bond acceptors (Lipinski definition) is 3. The Bertz CT molecular complexity index is 1130. The first-order valence-corrected chi connectivity index (χ1v) is 12.4. The Kier molecular flexibility index (Phi) is 7.56. The number of para-hydroxylation sites is 1. The highest BCUT2D eigenvalue weighted by Gasteiger charge is 2.36. The fourth-order valence-electron chi connectivity index (χ4n) is 3.89. The summed E-state index contributed by atoms with van der Waals surface area (Å²) in [7, 11) is -4.50. The van der Waals surface area contributed by atoms with Crippen LogP contribution in [0.5, 0.6) is 0 Å². The number of nitrogens with zero attached hydrogens (tertiary/aromatic N) is 1. The molecule has 0 saturated carbocycles. The second kappa shape index (κ2) is 10.2. The molecule has 3 rings (SSSR count). The van der Waals surface area contributed by atoms with E-state index < -0.39 is 22.3 Å². The van der Waals surface area contributed by atoms with Crippen molar-refractivity contribution in [3.05, 3.63) is 101 Å². The van der Waals surface area contributed by atoms with Crippen LogP contribution in [0.3, 0.4) is 0 Å². The Morgan fingerprint density at radius 3 is 1.55 bits per heavy atom. The lowest BCUT2D eigenvalue weighted by Crippen LogP contribution is -2.46. The molecule has 0 bridgehead atoms. The summed E-state index contributed by atoms with van der Waals surface area (Å²) in [5.41, 5.74) is 2.93. The minimum Gasteiger partial charge on any atom is -0.464 e. The third kappa shape index (κ3) is 5.43. The van der Waals surface area contributed by atoms with Gasteiger partial charge in [0, 0.05) is 0 Å². The molecule has 2 N–H and O–H groups in total. The van der Waals surface area contributed by atoms with Gasteiger partial charge in [0.25, 0.3) is 0 Å². The second-order valence-electron chi connectivity index (χ2n) is 8.52. The van der Waals surface area contributed by atoms with Crippen LogP contribution in [0.15, 0.2) is 78.9 Å². The summed E-state index contributed by atoms with van der Waals surface area (Å²) in [6.45, 7) is 7.67. The highest BCUT2D eigenvalue weighted by atomic mass is 32.2. The largest absolute Gasteiger partial charge is 0.464 e. The molecule has 0 saturated heterocycles. The molecule has 7 heteroatoms. The molecular weight excluding hydrogens is 436 g/mol. The zero-order valence-corrected chi connectivity index (χ0v) is 20.1. The summed E-state index contributed by atoms with van der Waals surface area (Å²) in [5, 5.41) is 10.1. The van der Waals surface area contributed by atoms with Gasteiger partial charge >= 0.3 is 16.3 Å². The van der Waals surface area contributed by atoms with E-state index in [2.05, 4.69) is 4.72 Å². The Morgan fingerprint density at radius 1 is 0.758 bits per heavy atom. The average Bonchev–Trinajstić information content (AvgIpc) is 2.78. The van der Waals surface area contributed by atoms with Gasteiger partial charge in [0.2, 0.25) is 0 Å². The lowest BCUT2D eigenvalue weighted by Gasteiger charge is -2.29. The van der Waals surface area contributed by atoms with E-state index in [-0.39, 0.29) is 17.5 Å². The van der Waals surface area contributed by atoms with Gasteiger partial charge in [-0.1, -0.05) is 107 Å². The van der Waals surface area contributed by atoms with Crippen molar-refractivity contribution in [3.8, 4) is 0 Å². The first-order chi connectivity index (χ1) is 15.6. The normalized spacial score (nSPS) is 11.8. The topological polar surface area (TPSA) is 86.7 Å². The molecule has 0 aliphatic rings.